The van der Waals surface area contributed by atoms with Crippen molar-refractivity contribution in [3.8, 4) is 11.5 Å². The molecule has 4 rings (SSSR count). The van der Waals surface area contributed by atoms with Crippen molar-refractivity contribution in [3.63, 3.8) is 0 Å². The molecule has 0 aromatic heterocycles. The summed E-state index contributed by atoms with van der Waals surface area (Å²) >= 11 is 0. The molecule has 2 heterocycles. The van der Waals surface area contributed by atoms with Crippen molar-refractivity contribution in [1.29, 1.82) is 0 Å². The van der Waals surface area contributed by atoms with E-state index in [1.807, 2.05) is 35.1 Å². The lowest BCUT2D eigenvalue weighted by Crippen LogP contribution is -2.31. The van der Waals surface area contributed by atoms with E-state index in [1.165, 1.54) is 12.1 Å². The molecule has 2 aliphatic rings. The zero-order valence-electron chi connectivity index (χ0n) is 15.4. The Kier molecular flexibility index (Phi) is 5.29. The summed E-state index contributed by atoms with van der Waals surface area (Å²) in [7, 11) is -4.22. The summed E-state index contributed by atoms with van der Waals surface area (Å²) in [6, 6.07) is 12.1. The van der Waals surface area contributed by atoms with Crippen LogP contribution in [0.5, 0.6) is 11.5 Å². The smallest absolute Gasteiger partial charge is 0.326 e. The maximum Gasteiger partial charge on any atom is 0.326 e. The fourth-order valence-electron chi connectivity index (χ4n) is 3.26. The van der Waals surface area contributed by atoms with Gasteiger partial charge in [-0.25, -0.2) is 13.4 Å². The van der Waals surface area contributed by atoms with Gasteiger partial charge in [0.1, 0.15) is 30.7 Å². The van der Waals surface area contributed by atoms with Crippen molar-refractivity contribution in [2.45, 2.75) is 19.1 Å². The number of rotatable bonds is 6. The molecule has 8 nitrogen and oxygen atoms in total. The summed E-state index contributed by atoms with van der Waals surface area (Å²) in [5.74, 6) is -1.72. The fourth-order valence-corrected chi connectivity index (χ4v) is 4.42. The first-order chi connectivity index (χ1) is 13.9. The molecule has 0 spiro atoms. The van der Waals surface area contributed by atoms with Gasteiger partial charge >= 0.3 is 10.2 Å². The molecule has 0 radical (unpaired) electrons. The number of hydrogen-bond donors (Lipinski definition) is 2. The number of hydrogen-bond acceptors (Lipinski definition) is 6. The number of nitrogens with zero attached hydrogens (tertiary/aromatic N) is 1. The Labute approximate surface area is 167 Å². The number of ether oxygens (including phenoxy) is 2. The van der Waals surface area contributed by atoms with E-state index in [4.69, 9.17) is 9.47 Å². The maximum absolute atomic E-state index is 15.4. The SMILES string of the molecule is O=C1CN(c2c(OCc3ccccc3)ccc(OC3CCNC3)c2F)S(=O)(=O)N1. The lowest BCUT2D eigenvalue weighted by atomic mass is 10.2. The molecule has 2 saturated heterocycles. The summed E-state index contributed by atoms with van der Waals surface area (Å²) in [6.07, 6.45) is 0.492. The van der Waals surface area contributed by atoms with Crippen LogP contribution < -0.4 is 23.8 Å². The van der Waals surface area contributed by atoms with Gasteiger partial charge in [-0.1, -0.05) is 30.3 Å². The monoisotopic (exact) mass is 421 g/mol. The van der Waals surface area contributed by atoms with Crippen LogP contribution in [-0.4, -0.2) is 40.1 Å². The first-order valence-electron chi connectivity index (χ1n) is 9.14. The molecule has 2 fully saturated rings. The third-order valence-corrected chi connectivity index (χ3v) is 6.04. The largest absolute Gasteiger partial charge is 0.487 e. The molecule has 1 amide bonds. The van der Waals surface area contributed by atoms with E-state index in [1.54, 1.807) is 0 Å². The van der Waals surface area contributed by atoms with Crippen LogP contribution in [0.2, 0.25) is 0 Å². The summed E-state index contributed by atoms with van der Waals surface area (Å²) in [5.41, 5.74) is 0.484. The Morgan fingerprint density at radius 1 is 1.14 bits per heavy atom. The Morgan fingerprint density at radius 2 is 1.90 bits per heavy atom. The minimum Gasteiger partial charge on any atom is -0.487 e. The fraction of sp³-hybridized carbons (Fsp3) is 0.316. The maximum atomic E-state index is 15.4. The van der Waals surface area contributed by atoms with E-state index in [0.29, 0.717) is 17.3 Å². The predicted octanol–water partition coefficient (Wildman–Crippen LogP) is 1.33. The standard InChI is InChI=1S/C19H20FN3O5S/c20-18-15(28-14-8-9-21-10-14)6-7-16(27-12-13-4-2-1-3-5-13)19(18)23-11-17(24)22-29(23,25)26/h1-7,14,21H,8-12H2,(H,22,24). The van der Waals surface area contributed by atoms with Gasteiger partial charge in [0, 0.05) is 6.54 Å². The molecule has 2 aliphatic heterocycles. The number of carbonyl (C=O) groups is 1. The highest BCUT2D eigenvalue weighted by atomic mass is 32.2. The van der Waals surface area contributed by atoms with Gasteiger partial charge < -0.3 is 14.8 Å². The number of benzene rings is 2. The van der Waals surface area contributed by atoms with Crippen LogP contribution in [0.4, 0.5) is 10.1 Å². The molecule has 0 saturated carbocycles. The topological polar surface area (TPSA) is 97.0 Å². The van der Waals surface area contributed by atoms with E-state index in [2.05, 4.69) is 5.32 Å². The second kappa shape index (κ2) is 7.88. The second-order valence-electron chi connectivity index (χ2n) is 6.77. The normalized spacial score (nSPS) is 20.5. The van der Waals surface area contributed by atoms with Crippen LogP contribution in [0.25, 0.3) is 0 Å². The molecular formula is C19H20FN3O5S. The highest BCUT2D eigenvalue weighted by Gasteiger charge is 2.38. The summed E-state index contributed by atoms with van der Waals surface area (Å²) in [6.45, 7) is 0.907. The van der Waals surface area contributed by atoms with Crippen molar-refractivity contribution >= 4 is 21.8 Å². The van der Waals surface area contributed by atoms with E-state index in [-0.39, 0.29) is 29.9 Å². The van der Waals surface area contributed by atoms with Crippen molar-refractivity contribution in [3.05, 3.63) is 53.8 Å². The van der Waals surface area contributed by atoms with Gasteiger partial charge in [-0.2, -0.15) is 8.42 Å². The van der Waals surface area contributed by atoms with E-state index in [0.717, 1.165) is 12.1 Å². The van der Waals surface area contributed by atoms with E-state index >= 15 is 4.39 Å². The average molecular weight is 421 g/mol. The highest BCUT2D eigenvalue weighted by Crippen LogP contribution is 2.39. The summed E-state index contributed by atoms with van der Waals surface area (Å²) in [5, 5.41) is 3.12. The third-order valence-electron chi connectivity index (χ3n) is 4.66. The predicted molar refractivity (Wildman–Crippen MR) is 103 cm³/mol. The van der Waals surface area contributed by atoms with Crippen LogP contribution in [0.3, 0.4) is 0 Å². The van der Waals surface area contributed by atoms with Crippen molar-refractivity contribution in [2.24, 2.45) is 0 Å². The molecule has 0 aliphatic carbocycles. The van der Waals surface area contributed by atoms with Gasteiger partial charge in [-0.05, 0) is 30.7 Å². The van der Waals surface area contributed by atoms with Crippen LogP contribution in [0, 0.1) is 5.82 Å². The van der Waals surface area contributed by atoms with Gasteiger partial charge in [-0.3, -0.25) is 4.79 Å². The Hall–Kier alpha value is -2.85. The number of carbonyl (C=O) groups excluding carboxylic acids is 1. The van der Waals surface area contributed by atoms with Crippen LogP contribution in [-0.2, 0) is 21.6 Å². The van der Waals surface area contributed by atoms with E-state index < -0.39 is 28.5 Å². The van der Waals surface area contributed by atoms with Crippen molar-refractivity contribution in [2.75, 3.05) is 23.9 Å². The second-order valence-corrected chi connectivity index (χ2v) is 8.36. The lowest BCUT2D eigenvalue weighted by molar-refractivity contribution is -0.117. The molecule has 10 heteroatoms. The Balaban J connectivity index is 1.69. The lowest BCUT2D eigenvalue weighted by Gasteiger charge is -2.22. The minimum atomic E-state index is -4.22. The van der Waals surface area contributed by atoms with Gasteiger partial charge in [0.2, 0.25) is 0 Å². The molecular weight excluding hydrogens is 401 g/mol. The van der Waals surface area contributed by atoms with Crippen LogP contribution in [0.15, 0.2) is 42.5 Å². The number of amides is 1. The van der Waals surface area contributed by atoms with Gasteiger partial charge in [-0.15, -0.1) is 0 Å². The molecule has 2 N–H and O–H groups in total. The van der Waals surface area contributed by atoms with Gasteiger partial charge in [0.05, 0.1) is 0 Å². The number of halogens is 1. The minimum absolute atomic E-state index is 0.00308. The Bertz CT molecular complexity index is 1010. The van der Waals surface area contributed by atoms with Crippen LogP contribution >= 0.6 is 0 Å². The first kappa shape index (κ1) is 19.5. The molecule has 2 aromatic rings. The zero-order chi connectivity index (χ0) is 20.4. The van der Waals surface area contributed by atoms with E-state index in [9.17, 15) is 13.2 Å². The van der Waals surface area contributed by atoms with Crippen molar-refractivity contribution < 1.29 is 27.1 Å². The molecule has 0 bridgehead atoms. The summed E-state index contributed by atoms with van der Waals surface area (Å²) < 4.78 is 54.0. The van der Waals surface area contributed by atoms with Gasteiger partial charge in [0.15, 0.2) is 11.6 Å². The molecule has 2 aromatic carbocycles. The first-order valence-corrected chi connectivity index (χ1v) is 10.6. The van der Waals surface area contributed by atoms with Crippen molar-refractivity contribution in [1.82, 2.24) is 10.0 Å². The highest BCUT2D eigenvalue weighted by molar-refractivity contribution is 7.92. The molecule has 1 unspecified atom stereocenters. The average Bonchev–Trinajstić information content (AvgIpc) is 3.29. The molecule has 29 heavy (non-hydrogen) atoms. The number of nitrogens with one attached hydrogen (secondary N) is 2. The molecule has 154 valence electrons. The number of anilines is 1. The zero-order valence-corrected chi connectivity index (χ0v) is 16.2. The van der Waals surface area contributed by atoms with Crippen LogP contribution in [0.1, 0.15) is 12.0 Å². The van der Waals surface area contributed by atoms with Gasteiger partial charge in [0.25, 0.3) is 5.91 Å². The quantitative estimate of drug-likeness (QED) is 0.731. The molecule has 1 atom stereocenters. The summed E-state index contributed by atoms with van der Waals surface area (Å²) in [4.78, 5) is 11.7. The Morgan fingerprint density at radius 3 is 2.55 bits per heavy atom. The third kappa shape index (κ3) is 4.13.